The van der Waals surface area contributed by atoms with Gasteiger partial charge in [-0.05, 0) is 43.3 Å². The second kappa shape index (κ2) is 11.1. The van der Waals surface area contributed by atoms with Gasteiger partial charge in [0.25, 0.3) is 5.56 Å². The highest BCUT2D eigenvalue weighted by Crippen LogP contribution is 2.39. The second-order valence-corrected chi connectivity index (χ2v) is 9.38. The maximum atomic E-state index is 13.7. The molecule has 0 unspecified atom stereocenters. The summed E-state index contributed by atoms with van der Waals surface area (Å²) in [7, 11) is 6.29. The van der Waals surface area contributed by atoms with Gasteiger partial charge in [-0.1, -0.05) is 30.0 Å². The highest BCUT2D eigenvalue weighted by atomic mass is 32.2. The first-order chi connectivity index (χ1) is 19.0. The fourth-order valence-corrected chi connectivity index (χ4v) is 5.26. The molecule has 200 valence electrons. The lowest BCUT2D eigenvalue weighted by Crippen LogP contribution is -2.22. The third-order valence-corrected chi connectivity index (χ3v) is 7.19. The summed E-state index contributed by atoms with van der Waals surface area (Å²) < 4.78 is 29.5. The number of para-hydroxylation sites is 2. The van der Waals surface area contributed by atoms with E-state index in [4.69, 9.17) is 33.3 Å². The highest BCUT2D eigenvalue weighted by molar-refractivity contribution is 7.98. The summed E-state index contributed by atoms with van der Waals surface area (Å²) in [6.07, 6.45) is 0. The molecule has 0 saturated carbocycles. The molecule has 0 atom stereocenters. The summed E-state index contributed by atoms with van der Waals surface area (Å²) in [5.74, 6) is 3.70. The molecule has 2 aromatic heterocycles. The number of ether oxygens (including phenoxy) is 4. The Morgan fingerprint density at radius 3 is 2.41 bits per heavy atom. The van der Waals surface area contributed by atoms with Crippen LogP contribution in [0.1, 0.15) is 11.5 Å². The van der Waals surface area contributed by atoms with Crippen LogP contribution in [0, 0.1) is 6.92 Å². The zero-order chi connectivity index (χ0) is 27.5. The lowest BCUT2D eigenvalue weighted by molar-refractivity contribution is 0.355. The van der Waals surface area contributed by atoms with Gasteiger partial charge in [-0.3, -0.25) is 9.36 Å². The third-order valence-electron chi connectivity index (χ3n) is 6.24. The molecule has 0 spiro atoms. The molecule has 2 heterocycles. The molecule has 39 heavy (non-hydrogen) atoms. The Kier molecular flexibility index (Phi) is 7.47. The Morgan fingerprint density at radius 2 is 1.67 bits per heavy atom. The maximum absolute atomic E-state index is 13.7. The van der Waals surface area contributed by atoms with Crippen LogP contribution >= 0.6 is 11.8 Å². The molecule has 3 aromatic carbocycles. The van der Waals surface area contributed by atoms with E-state index in [0.717, 1.165) is 5.69 Å². The van der Waals surface area contributed by atoms with Crippen LogP contribution in [0.3, 0.4) is 0 Å². The summed E-state index contributed by atoms with van der Waals surface area (Å²) in [6.45, 7) is 1.85. The Bertz CT molecular complexity index is 1710. The van der Waals surface area contributed by atoms with E-state index in [1.54, 1.807) is 57.3 Å². The molecule has 5 aromatic rings. The molecule has 9 nitrogen and oxygen atoms in total. The number of aromatic nitrogens is 3. The zero-order valence-electron chi connectivity index (χ0n) is 22.2. The Morgan fingerprint density at radius 1 is 0.872 bits per heavy atom. The average molecular weight is 546 g/mol. The molecule has 0 aliphatic carbocycles. The molecule has 0 amide bonds. The van der Waals surface area contributed by atoms with Gasteiger partial charge < -0.3 is 23.4 Å². The predicted octanol–water partition coefficient (Wildman–Crippen LogP) is 5.68. The van der Waals surface area contributed by atoms with Gasteiger partial charge in [0.1, 0.15) is 17.3 Å². The van der Waals surface area contributed by atoms with Crippen LogP contribution in [0.15, 0.2) is 75.0 Å². The number of thioether (sulfide) groups is 1. The van der Waals surface area contributed by atoms with Crippen molar-refractivity contribution in [3.8, 4) is 40.1 Å². The largest absolute Gasteiger partial charge is 0.497 e. The molecule has 5 rings (SSSR count). The molecule has 10 heteroatoms. The van der Waals surface area contributed by atoms with E-state index in [-0.39, 0.29) is 5.56 Å². The fraction of sp³-hybridized carbons (Fsp3) is 0.207. The zero-order valence-corrected chi connectivity index (χ0v) is 23.0. The number of nitrogens with zero attached hydrogens (tertiary/aromatic N) is 3. The SMILES string of the molecule is COc1ccc(-n2c(SCc3nc(-c4cccc(OC)c4OC)oc3C)nc3ccccc3c2=O)c(OC)c1. The minimum atomic E-state index is -0.203. The van der Waals surface area contributed by atoms with Gasteiger partial charge in [0.2, 0.25) is 5.89 Å². The molecule has 0 saturated heterocycles. The van der Waals surface area contributed by atoms with Crippen molar-refractivity contribution >= 4 is 22.7 Å². The van der Waals surface area contributed by atoms with Crippen molar-refractivity contribution < 1.29 is 23.4 Å². The van der Waals surface area contributed by atoms with Crippen LogP contribution in [-0.4, -0.2) is 43.0 Å². The van der Waals surface area contributed by atoms with Crippen molar-refractivity contribution in [2.75, 3.05) is 28.4 Å². The number of methoxy groups -OCH3 is 4. The minimum absolute atomic E-state index is 0.203. The van der Waals surface area contributed by atoms with Crippen LogP contribution < -0.4 is 24.5 Å². The summed E-state index contributed by atoms with van der Waals surface area (Å²) in [5.41, 5.74) is 2.36. The molecule has 0 fully saturated rings. The fourth-order valence-electron chi connectivity index (χ4n) is 4.26. The van der Waals surface area contributed by atoms with Crippen LogP contribution in [-0.2, 0) is 5.75 Å². The smallest absolute Gasteiger partial charge is 0.266 e. The average Bonchev–Trinajstić information content (AvgIpc) is 3.35. The first-order valence-electron chi connectivity index (χ1n) is 12.0. The monoisotopic (exact) mass is 545 g/mol. The minimum Gasteiger partial charge on any atom is -0.497 e. The molecular formula is C29H27N3O6S. The van der Waals surface area contributed by atoms with Crippen molar-refractivity contribution in [2.45, 2.75) is 17.8 Å². The molecule has 0 radical (unpaired) electrons. The Labute approximate surface area is 229 Å². The summed E-state index contributed by atoms with van der Waals surface area (Å²) in [6, 6.07) is 18.1. The van der Waals surface area contributed by atoms with E-state index in [0.29, 0.717) is 67.7 Å². The topological polar surface area (TPSA) is 97.8 Å². The van der Waals surface area contributed by atoms with E-state index in [9.17, 15) is 4.79 Å². The number of hydrogen-bond acceptors (Lipinski definition) is 9. The summed E-state index contributed by atoms with van der Waals surface area (Å²) >= 11 is 1.38. The van der Waals surface area contributed by atoms with Gasteiger partial charge in [0, 0.05) is 11.8 Å². The van der Waals surface area contributed by atoms with Gasteiger partial charge in [-0.25, -0.2) is 9.97 Å². The third kappa shape index (κ3) is 4.90. The molecular weight excluding hydrogens is 518 g/mol. The van der Waals surface area contributed by atoms with Crippen molar-refractivity contribution in [1.82, 2.24) is 14.5 Å². The van der Waals surface area contributed by atoms with Crippen molar-refractivity contribution in [1.29, 1.82) is 0 Å². The normalized spacial score (nSPS) is 11.0. The predicted molar refractivity (Wildman–Crippen MR) is 150 cm³/mol. The van der Waals surface area contributed by atoms with Gasteiger partial charge in [0.05, 0.1) is 56.3 Å². The summed E-state index contributed by atoms with van der Waals surface area (Å²) in [5, 5.41) is 0.995. The summed E-state index contributed by atoms with van der Waals surface area (Å²) in [4.78, 5) is 23.3. The lowest BCUT2D eigenvalue weighted by atomic mass is 10.2. The van der Waals surface area contributed by atoms with Gasteiger partial charge in [0.15, 0.2) is 16.7 Å². The number of hydrogen-bond donors (Lipinski definition) is 0. The van der Waals surface area contributed by atoms with Crippen LogP contribution in [0.5, 0.6) is 23.0 Å². The quantitative estimate of drug-likeness (QED) is 0.171. The number of benzene rings is 3. The number of oxazole rings is 1. The number of aryl methyl sites for hydroxylation is 1. The lowest BCUT2D eigenvalue weighted by Gasteiger charge is -2.16. The molecule has 0 aliphatic rings. The molecule has 0 N–H and O–H groups in total. The van der Waals surface area contributed by atoms with Crippen molar-refractivity contribution in [3.05, 3.63) is 82.5 Å². The van der Waals surface area contributed by atoms with Gasteiger partial charge in [-0.2, -0.15) is 0 Å². The van der Waals surface area contributed by atoms with Crippen LogP contribution in [0.25, 0.3) is 28.0 Å². The van der Waals surface area contributed by atoms with Crippen molar-refractivity contribution in [3.63, 3.8) is 0 Å². The van der Waals surface area contributed by atoms with Crippen molar-refractivity contribution in [2.24, 2.45) is 0 Å². The maximum Gasteiger partial charge on any atom is 0.266 e. The molecule has 0 aliphatic heterocycles. The van der Waals surface area contributed by atoms with Gasteiger partial charge >= 0.3 is 0 Å². The highest BCUT2D eigenvalue weighted by Gasteiger charge is 2.21. The number of fused-ring (bicyclic) bond motifs is 1. The standard InChI is InChI=1S/C29H27N3O6S/c1-17-22(30-27(38-17)20-10-8-12-24(35-3)26(20)37-5)16-39-29-31-21-11-7-6-9-19(21)28(33)32(29)23-14-13-18(34-2)15-25(23)36-4/h6-15H,16H2,1-5H3. The van der Waals surface area contributed by atoms with Crippen LogP contribution in [0.4, 0.5) is 0 Å². The van der Waals surface area contributed by atoms with E-state index in [1.165, 1.54) is 11.8 Å². The van der Waals surface area contributed by atoms with Gasteiger partial charge in [-0.15, -0.1) is 0 Å². The number of rotatable bonds is 9. The van der Waals surface area contributed by atoms with E-state index in [1.807, 2.05) is 43.3 Å². The Balaban J connectivity index is 1.57. The van der Waals surface area contributed by atoms with E-state index < -0.39 is 0 Å². The van der Waals surface area contributed by atoms with E-state index >= 15 is 0 Å². The van der Waals surface area contributed by atoms with Crippen LogP contribution in [0.2, 0.25) is 0 Å². The van der Waals surface area contributed by atoms with E-state index in [2.05, 4.69) is 0 Å². The molecule has 0 bridgehead atoms. The first-order valence-corrected chi connectivity index (χ1v) is 13.0. The Hall–Kier alpha value is -4.44. The second-order valence-electron chi connectivity index (χ2n) is 8.44. The first kappa shape index (κ1) is 26.2.